The van der Waals surface area contributed by atoms with Gasteiger partial charge in [-0.2, -0.15) is 0 Å². The molecule has 0 bridgehead atoms. The van der Waals surface area contributed by atoms with Gasteiger partial charge in [-0.15, -0.1) is 0 Å². The highest BCUT2D eigenvalue weighted by Gasteiger charge is 2.29. The Morgan fingerprint density at radius 2 is 1.91 bits per heavy atom. The predicted molar refractivity (Wildman–Crippen MR) is 42.4 cm³/mol. The summed E-state index contributed by atoms with van der Waals surface area (Å²) < 4.78 is 4.33. The second kappa shape index (κ2) is 5.45. The van der Waals surface area contributed by atoms with E-state index in [-0.39, 0.29) is 6.61 Å². The van der Waals surface area contributed by atoms with Crippen molar-refractivity contribution < 1.29 is 18.8 Å². The van der Waals surface area contributed by atoms with Crippen LogP contribution >= 0.6 is 0 Å². The minimum Gasteiger partial charge on any atom is -0.368 e. The van der Waals surface area contributed by atoms with Gasteiger partial charge in [-0.1, -0.05) is 19.1 Å². The van der Waals surface area contributed by atoms with Gasteiger partial charge in [0.1, 0.15) is 0 Å². The van der Waals surface area contributed by atoms with Crippen LogP contribution in [0.3, 0.4) is 0 Å². The highest BCUT2D eigenvalue weighted by Crippen LogP contribution is 1.93. The zero-order chi connectivity index (χ0) is 8.74. The molecule has 0 aliphatic rings. The third kappa shape index (κ3) is 9.80. The molecular weight excluding hydrogens is 164 g/mol. The van der Waals surface area contributed by atoms with Crippen LogP contribution in [0.5, 0.6) is 0 Å². The Bertz CT molecular complexity index is 118. The van der Waals surface area contributed by atoms with Gasteiger partial charge >= 0.3 is 9.05 Å². The largest absolute Gasteiger partial charge is 0.671 e. The molecule has 4 nitrogen and oxygen atoms in total. The monoisotopic (exact) mass is 178 g/mol. The Morgan fingerprint density at radius 1 is 1.27 bits per heavy atom. The average molecular weight is 178 g/mol. The van der Waals surface area contributed by atoms with Gasteiger partial charge in [0.2, 0.25) is 0 Å². The van der Waals surface area contributed by atoms with Gasteiger partial charge in [0.25, 0.3) is 0 Å². The second-order valence-corrected chi connectivity index (χ2v) is 3.53. The summed E-state index contributed by atoms with van der Waals surface area (Å²) in [4.78, 5) is 25.1. The lowest BCUT2D eigenvalue weighted by molar-refractivity contribution is 0.0651. The Morgan fingerprint density at radius 3 is 2.36 bits per heavy atom. The summed E-state index contributed by atoms with van der Waals surface area (Å²) in [6.07, 6.45) is 5.34. The molecule has 0 aromatic rings. The number of rotatable bonds is 5. The smallest absolute Gasteiger partial charge is 0.368 e. The van der Waals surface area contributed by atoms with E-state index in [0.717, 1.165) is 6.42 Å². The zero-order valence-electron chi connectivity index (χ0n) is 6.53. The number of hydrogen-bond acceptors (Lipinski definition) is 4. The highest BCUT2D eigenvalue weighted by molar-refractivity contribution is 6.48. The second-order valence-electron chi connectivity index (χ2n) is 2.09. The van der Waals surface area contributed by atoms with Crippen LogP contribution in [-0.2, 0) is 4.43 Å². The van der Waals surface area contributed by atoms with Crippen LogP contribution in [0.2, 0.25) is 0 Å². The first kappa shape index (κ1) is 10.8. The van der Waals surface area contributed by atoms with Gasteiger partial charge in [0.15, 0.2) is 0 Å². The van der Waals surface area contributed by atoms with E-state index in [0.29, 0.717) is 6.42 Å². The van der Waals surface area contributed by atoms with Crippen molar-refractivity contribution in [1.29, 1.82) is 0 Å². The Labute approximate surface area is 67.2 Å². The van der Waals surface area contributed by atoms with Crippen LogP contribution in [0.4, 0.5) is 0 Å². The minimum absolute atomic E-state index is 0.145. The van der Waals surface area contributed by atoms with Crippen molar-refractivity contribution in [2.75, 3.05) is 6.61 Å². The standard InChI is InChI=1S/C6H14O4Si/c1-2-3-4-5-6-10-11(7,8)9/h3-4,7-9H,2,5-6H2,1H3. The van der Waals surface area contributed by atoms with E-state index in [4.69, 9.17) is 14.4 Å². The van der Waals surface area contributed by atoms with Gasteiger partial charge in [-0.25, -0.2) is 0 Å². The first-order valence-electron chi connectivity index (χ1n) is 3.52. The molecule has 11 heavy (non-hydrogen) atoms. The van der Waals surface area contributed by atoms with Gasteiger partial charge < -0.3 is 18.8 Å². The molecule has 0 radical (unpaired) electrons. The van der Waals surface area contributed by atoms with E-state index in [9.17, 15) is 0 Å². The molecule has 0 heterocycles. The third-order valence-corrected chi connectivity index (χ3v) is 1.57. The lowest BCUT2D eigenvalue weighted by Gasteiger charge is -2.07. The number of hydrogen-bond donors (Lipinski definition) is 3. The van der Waals surface area contributed by atoms with Crippen LogP contribution in [0.25, 0.3) is 0 Å². The average Bonchev–Trinajstić information content (AvgIpc) is 1.85. The minimum atomic E-state index is -4.25. The van der Waals surface area contributed by atoms with Crippen LogP contribution in [0.1, 0.15) is 19.8 Å². The number of allylic oxidation sites excluding steroid dienone is 1. The third-order valence-electron chi connectivity index (χ3n) is 0.983. The summed E-state index contributed by atoms with van der Waals surface area (Å²) >= 11 is 0. The molecule has 0 rings (SSSR count). The summed E-state index contributed by atoms with van der Waals surface area (Å²) in [5.41, 5.74) is 0. The lowest BCUT2D eigenvalue weighted by Crippen LogP contribution is -2.39. The van der Waals surface area contributed by atoms with E-state index in [1.807, 2.05) is 19.1 Å². The molecule has 0 aromatic heterocycles. The molecule has 66 valence electrons. The van der Waals surface area contributed by atoms with Gasteiger partial charge in [-0.05, 0) is 12.8 Å². The van der Waals surface area contributed by atoms with Crippen LogP contribution in [-0.4, -0.2) is 30.0 Å². The molecule has 0 aliphatic carbocycles. The fourth-order valence-electron chi connectivity index (χ4n) is 0.548. The maximum Gasteiger partial charge on any atom is 0.671 e. The highest BCUT2D eigenvalue weighted by atomic mass is 28.4. The maximum absolute atomic E-state index is 8.38. The quantitative estimate of drug-likeness (QED) is 0.309. The van der Waals surface area contributed by atoms with Crippen molar-refractivity contribution in [3.05, 3.63) is 12.2 Å². The molecule has 0 aliphatic heterocycles. The van der Waals surface area contributed by atoms with E-state index in [2.05, 4.69) is 4.43 Å². The lowest BCUT2D eigenvalue weighted by atomic mass is 10.3. The SMILES string of the molecule is CCC=CCCO[Si](O)(O)O. The van der Waals surface area contributed by atoms with Crippen molar-refractivity contribution in [3.8, 4) is 0 Å². The van der Waals surface area contributed by atoms with Crippen LogP contribution in [0.15, 0.2) is 12.2 Å². The Kier molecular flexibility index (Phi) is 5.35. The molecule has 5 heteroatoms. The first-order chi connectivity index (χ1) is 5.06. The normalized spacial score (nSPS) is 12.7. The molecule has 0 aromatic carbocycles. The molecule has 3 N–H and O–H groups in total. The predicted octanol–water partition coefficient (Wildman–Crippen LogP) is -0.228. The molecule has 0 amide bonds. The zero-order valence-corrected chi connectivity index (χ0v) is 7.53. The van der Waals surface area contributed by atoms with Crippen molar-refractivity contribution in [3.63, 3.8) is 0 Å². The summed E-state index contributed by atoms with van der Waals surface area (Å²) in [5.74, 6) is 0. The summed E-state index contributed by atoms with van der Waals surface area (Å²) in [6, 6.07) is 0. The summed E-state index contributed by atoms with van der Waals surface area (Å²) in [7, 11) is -4.25. The van der Waals surface area contributed by atoms with Crippen molar-refractivity contribution in [2.24, 2.45) is 0 Å². The van der Waals surface area contributed by atoms with Crippen molar-refractivity contribution >= 4 is 9.05 Å². The topological polar surface area (TPSA) is 69.9 Å². The van der Waals surface area contributed by atoms with E-state index < -0.39 is 9.05 Å². The van der Waals surface area contributed by atoms with E-state index >= 15 is 0 Å². The van der Waals surface area contributed by atoms with Crippen LogP contribution < -0.4 is 0 Å². The van der Waals surface area contributed by atoms with Gasteiger partial charge in [0.05, 0.1) is 0 Å². The van der Waals surface area contributed by atoms with E-state index in [1.165, 1.54) is 0 Å². The van der Waals surface area contributed by atoms with Gasteiger partial charge in [-0.3, -0.25) is 0 Å². The Hall–Kier alpha value is -0.203. The van der Waals surface area contributed by atoms with Gasteiger partial charge in [0, 0.05) is 6.61 Å². The summed E-state index contributed by atoms with van der Waals surface area (Å²) in [6.45, 7) is 2.15. The molecule has 0 fully saturated rings. The summed E-state index contributed by atoms with van der Waals surface area (Å²) in [5, 5.41) is 0. The molecular formula is C6H14O4Si. The molecule has 0 unspecified atom stereocenters. The molecule has 0 saturated carbocycles. The Balaban J connectivity index is 3.21. The van der Waals surface area contributed by atoms with E-state index in [1.54, 1.807) is 0 Å². The fourth-order valence-corrected chi connectivity index (χ4v) is 0.940. The van der Waals surface area contributed by atoms with Crippen LogP contribution in [0, 0.1) is 0 Å². The maximum atomic E-state index is 8.38. The van der Waals surface area contributed by atoms with Crippen molar-refractivity contribution in [2.45, 2.75) is 19.8 Å². The molecule has 0 atom stereocenters. The molecule has 0 saturated heterocycles. The fraction of sp³-hybridized carbons (Fsp3) is 0.667. The molecule has 0 spiro atoms. The first-order valence-corrected chi connectivity index (χ1v) is 5.27. The van der Waals surface area contributed by atoms with Crippen molar-refractivity contribution in [1.82, 2.24) is 0 Å².